The number of nitrogens with zero attached hydrogens (tertiary/aromatic N) is 1. The average molecular weight is 570 g/mol. The first kappa shape index (κ1) is 30.3. The minimum Gasteiger partial charge on any atom is -0.354 e. The summed E-state index contributed by atoms with van der Waals surface area (Å²) in [5, 5.41) is 3.59. The highest BCUT2D eigenvalue weighted by molar-refractivity contribution is 7.89. The number of nitrogens with one attached hydrogen (secondary N) is 2. The molecule has 0 aliphatic carbocycles. The molecule has 0 saturated heterocycles. The van der Waals surface area contributed by atoms with Gasteiger partial charge in [-0.1, -0.05) is 86.5 Å². The average Bonchev–Trinajstić information content (AvgIpc) is 2.93. The van der Waals surface area contributed by atoms with Gasteiger partial charge < -0.3 is 10.2 Å². The summed E-state index contributed by atoms with van der Waals surface area (Å²) >= 11 is 6.08. The first-order chi connectivity index (χ1) is 18.7. The van der Waals surface area contributed by atoms with Gasteiger partial charge >= 0.3 is 0 Å². The lowest BCUT2D eigenvalue weighted by Gasteiger charge is -2.32. The quantitative estimate of drug-likeness (QED) is 0.259. The van der Waals surface area contributed by atoms with Crippen molar-refractivity contribution in [3.8, 4) is 0 Å². The van der Waals surface area contributed by atoms with E-state index >= 15 is 0 Å². The number of unbranched alkanes of at least 4 members (excludes halogenated alkanes) is 1. The molecule has 208 valence electrons. The van der Waals surface area contributed by atoms with Gasteiger partial charge in [0, 0.05) is 31.1 Å². The van der Waals surface area contributed by atoms with Crippen molar-refractivity contribution in [1.29, 1.82) is 0 Å². The van der Waals surface area contributed by atoms with Crippen molar-refractivity contribution < 1.29 is 18.0 Å². The molecule has 3 aromatic rings. The third-order valence-corrected chi connectivity index (χ3v) is 8.10. The number of benzene rings is 3. The highest BCUT2D eigenvalue weighted by atomic mass is 35.5. The van der Waals surface area contributed by atoms with Gasteiger partial charge in [0.15, 0.2) is 0 Å². The van der Waals surface area contributed by atoms with Crippen LogP contribution in [0.1, 0.15) is 55.8 Å². The molecule has 0 spiro atoms. The zero-order valence-corrected chi connectivity index (χ0v) is 24.0. The van der Waals surface area contributed by atoms with Crippen LogP contribution in [0.2, 0.25) is 5.02 Å². The second-order valence-electron chi connectivity index (χ2n) is 9.25. The Morgan fingerprint density at radius 2 is 1.54 bits per heavy atom. The lowest BCUT2D eigenvalue weighted by Crippen LogP contribution is -2.43. The van der Waals surface area contributed by atoms with E-state index in [1.165, 1.54) is 12.1 Å². The van der Waals surface area contributed by atoms with Crippen molar-refractivity contribution in [2.75, 3.05) is 13.1 Å². The van der Waals surface area contributed by atoms with Crippen LogP contribution in [0.3, 0.4) is 0 Å². The Morgan fingerprint density at radius 3 is 2.15 bits per heavy atom. The molecule has 0 unspecified atom stereocenters. The Kier molecular flexibility index (Phi) is 11.5. The molecule has 3 rings (SSSR count). The summed E-state index contributed by atoms with van der Waals surface area (Å²) in [6, 6.07) is 22.2. The van der Waals surface area contributed by atoms with Crippen LogP contribution >= 0.6 is 11.6 Å². The Bertz CT molecular complexity index is 1310. The molecule has 0 fully saturated rings. The normalized spacial score (nSPS) is 12.1. The molecule has 9 heteroatoms. The van der Waals surface area contributed by atoms with E-state index in [0.29, 0.717) is 24.5 Å². The van der Waals surface area contributed by atoms with Gasteiger partial charge in [-0.3, -0.25) is 9.59 Å². The third kappa shape index (κ3) is 8.92. The molecule has 1 atom stereocenters. The van der Waals surface area contributed by atoms with E-state index in [1.807, 2.05) is 42.5 Å². The molecule has 39 heavy (non-hydrogen) atoms. The molecular weight excluding hydrogens is 534 g/mol. The number of hydrogen-bond acceptors (Lipinski definition) is 4. The SMILES string of the molecule is CCCCNC(=O)[C@@H](c1ccccc1)N(Cc1ccc(Cl)cc1)C(=O)CCc1ccc(S(=O)(=O)NCC)cc1. The van der Waals surface area contributed by atoms with E-state index in [0.717, 1.165) is 29.5 Å². The molecule has 0 aliphatic rings. The summed E-state index contributed by atoms with van der Waals surface area (Å²) in [6.07, 6.45) is 2.34. The molecule has 0 bridgehead atoms. The fraction of sp³-hybridized carbons (Fsp3) is 0.333. The second kappa shape index (κ2) is 14.8. The van der Waals surface area contributed by atoms with Crippen molar-refractivity contribution >= 4 is 33.4 Å². The second-order valence-corrected chi connectivity index (χ2v) is 11.5. The van der Waals surface area contributed by atoms with Crippen LogP contribution in [0.5, 0.6) is 0 Å². The fourth-order valence-electron chi connectivity index (χ4n) is 4.21. The van der Waals surface area contributed by atoms with Gasteiger partial charge in [-0.25, -0.2) is 13.1 Å². The Morgan fingerprint density at radius 1 is 0.897 bits per heavy atom. The molecule has 0 saturated carbocycles. The van der Waals surface area contributed by atoms with E-state index in [-0.39, 0.29) is 29.7 Å². The van der Waals surface area contributed by atoms with Gasteiger partial charge in [0.25, 0.3) is 0 Å². The van der Waals surface area contributed by atoms with E-state index in [4.69, 9.17) is 11.6 Å². The maximum Gasteiger partial charge on any atom is 0.247 e. The Balaban J connectivity index is 1.87. The van der Waals surface area contributed by atoms with Gasteiger partial charge in [0.2, 0.25) is 21.8 Å². The van der Waals surface area contributed by atoms with E-state index in [9.17, 15) is 18.0 Å². The number of carbonyl (C=O) groups is 2. The van der Waals surface area contributed by atoms with Crippen molar-refractivity contribution in [2.24, 2.45) is 0 Å². The van der Waals surface area contributed by atoms with Crippen molar-refractivity contribution in [1.82, 2.24) is 14.9 Å². The summed E-state index contributed by atoms with van der Waals surface area (Å²) in [5.41, 5.74) is 2.41. The Labute approximate surface area is 236 Å². The first-order valence-corrected chi connectivity index (χ1v) is 15.1. The largest absolute Gasteiger partial charge is 0.354 e. The summed E-state index contributed by atoms with van der Waals surface area (Å²) < 4.78 is 27.0. The standard InChI is InChI=1S/C30H36ClN3O4S/c1-3-5-21-32-30(36)29(25-9-7-6-8-10-25)34(22-24-11-16-26(31)17-12-24)28(35)20-15-23-13-18-27(19-14-23)39(37,38)33-4-2/h6-14,16-19,29,33H,3-5,15,20-22H2,1-2H3,(H,32,36)/t29-/m1/s1. The molecule has 2 N–H and O–H groups in total. The van der Waals surface area contributed by atoms with Gasteiger partial charge in [-0.15, -0.1) is 0 Å². The predicted molar refractivity (Wildman–Crippen MR) is 155 cm³/mol. The van der Waals surface area contributed by atoms with E-state index < -0.39 is 16.1 Å². The topological polar surface area (TPSA) is 95.6 Å². The Hall–Kier alpha value is -3.20. The predicted octanol–water partition coefficient (Wildman–Crippen LogP) is 5.26. The molecule has 7 nitrogen and oxygen atoms in total. The number of sulfonamides is 1. The van der Waals surface area contributed by atoms with Crippen molar-refractivity contribution in [3.63, 3.8) is 0 Å². The number of aryl methyl sites for hydroxylation is 1. The number of amides is 2. The maximum atomic E-state index is 13.8. The monoisotopic (exact) mass is 569 g/mol. The van der Waals surface area contributed by atoms with Gasteiger partial charge in [0.1, 0.15) is 6.04 Å². The number of halogens is 1. The van der Waals surface area contributed by atoms with Crippen LogP contribution in [0.4, 0.5) is 0 Å². The lowest BCUT2D eigenvalue weighted by molar-refractivity contribution is -0.141. The molecular formula is C30H36ClN3O4S. The van der Waals surface area contributed by atoms with Gasteiger partial charge in [-0.05, 0) is 53.8 Å². The first-order valence-electron chi connectivity index (χ1n) is 13.2. The zero-order valence-electron chi connectivity index (χ0n) is 22.4. The highest BCUT2D eigenvalue weighted by Crippen LogP contribution is 2.26. The van der Waals surface area contributed by atoms with Crippen LogP contribution < -0.4 is 10.0 Å². The number of hydrogen-bond donors (Lipinski definition) is 2. The molecule has 3 aromatic carbocycles. The summed E-state index contributed by atoms with van der Waals surface area (Å²) in [7, 11) is -3.55. The minimum absolute atomic E-state index is 0.151. The number of carbonyl (C=O) groups excluding carboxylic acids is 2. The van der Waals surface area contributed by atoms with Crippen molar-refractivity contribution in [2.45, 2.75) is 57.0 Å². The van der Waals surface area contributed by atoms with Crippen LogP contribution in [-0.4, -0.2) is 38.2 Å². The minimum atomic E-state index is -3.55. The van der Waals surface area contributed by atoms with E-state index in [2.05, 4.69) is 17.0 Å². The molecule has 0 aliphatic heterocycles. The molecule has 2 amide bonds. The molecule has 0 radical (unpaired) electrons. The van der Waals surface area contributed by atoms with Gasteiger partial charge in [0.05, 0.1) is 4.90 Å². The smallest absolute Gasteiger partial charge is 0.247 e. The highest BCUT2D eigenvalue weighted by Gasteiger charge is 2.31. The summed E-state index contributed by atoms with van der Waals surface area (Å²) in [6.45, 7) is 4.84. The lowest BCUT2D eigenvalue weighted by atomic mass is 10.0. The molecule has 0 heterocycles. The summed E-state index contributed by atoms with van der Waals surface area (Å²) in [5.74, 6) is -0.413. The summed E-state index contributed by atoms with van der Waals surface area (Å²) in [4.78, 5) is 29.0. The van der Waals surface area contributed by atoms with E-state index in [1.54, 1.807) is 36.1 Å². The maximum absolute atomic E-state index is 13.8. The van der Waals surface area contributed by atoms with Crippen LogP contribution in [0.25, 0.3) is 0 Å². The van der Waals surface area contributed by atoms with Crippen LogP contribution in [-0.2, 0) is 32.6 Å². The van der Waals surface area contributed by atoms with Crippen molar-refractivity contribution in [3.05, 3.63) is 101 Å². The fourth-order valence-corrected chi connectivity index (χ4v) is 5.37. The zero-order chi connectivity index (χ0) is 28.3. The van der Waals surface area contributed by atoms with Crippen LogP contribution in [0.15, 0.2) is 83.8 Å². The van der Waals surface area contributed by atoms with Crippen LogP contribution in [0, 0.1) is 0 Å². The molecule has 0 aromatic heterocycles. The number of rotatable bonds is 14. The van der Waals surface area contributed by atoms with Gasteiger partial charge in [-0.2, -0.15) is 0 Å². The third-order valence-electron chi connectivity index (χ3n) is 6.29.